The fourth-order valence-electron chi connectivity index (χ4n) is 3.84. The van der Waals surface area contributed by atoms with Gasteiger partial charge < -0.3 is 10.5 Å². The highest BCUT2D eigenvalue weighted by molar-refractivity contribution is 7.92. The number of carbonyl (C=O) groups is 2. The minimum absolute atomic E-state index is 0.0828. The highest BCUT2D eigenvalue weighted by Crippen LogP contribution is 2.20. The van der Waals surface area contributed by atoms with Gasteiger partial charge in [-0.3, -0.25) is 23.4 Å². The molecule has 12 nitrogen and oxygen atoms in total. The number of carbonyl (C=O) groups excluding carboxylic acids is 2. The van der Waals surface area contributed by atoms with Crippen LogP contribution in [0.3, 0.4) is 0 Å². The van der Waals surface area contributed by atoms with Gasteiger partial charge in [0.15, 0.2) is 5.78 Å². The van der Waals surface area contributed by atoms with E-state index in [4.69, 9.17) is 5.73 Å². The van der Waals surface area contributed by atoms with Crippen LogP contribution < -0.4 is 14.3 Å². The molecule has 0 fully saturated rings. The summed E-state index contributed by atoms with van der Waals surface area (Å²) in [6, 6.07) is 23.9. The van der Waals surface area contributed by atoms with E-state index in [1.807, 2.05) is 12.1 Å². The number of anilines is 2. The Morgan fingerprint density at radius 1 is 0.682 bits per heavy atom. The Morgan fingerprint density at radius 3 is 1.41 bits per heavy atom. The summed E-state index contributed by atoms with van der Waals surface area (Å²) in [5, 5.41) is 0. The highest BCUT2D eigenvalue weighted by Gasteiger charge is 2.19. The van der Waals surface area contributed by atoms with Gasteiger partial charge in [0, 0.05) is 18.0 Å². The lowest BCUT2D eigenvalue weighted by Crippen LogP contribution is -2.29. The van der Waals surface area contributed by atoms with Crippen LogP contribution in [0.25, 0.3) is 0 Å². The second kappa shape index (κ2) is 15.2. The lowest BCUT2D eigenvalue weighted by Gasteiger charge is -2.22. The van der Waals surface area contributed by atoms with Crippen molar-refractivity contribution >= 4 is 43.2 Å². The third kappa shape index (κ3) is 9.69. The quantitative estimate of drug-likeness (QED) is 0.190. The Morgan fingerprint density at radius 2 is 1.09 bits per heavy atom. The Bertz CT molecular complexity index is 1620. The van der Waals surface area contributed by atoms with Crippen LogP contribution in [-0.2, 0) is 37.9 Å². The summed E-state index contributed by atoms with van der Waals surface area (Å²) in [6.45, 7) is 0.102. The van der Waals surface area contributed by atoms with Crippen molar-refractivity contribution < 1.29 is 31.2 Å². The number of ether oxygens (including phenoxy) is 1. The SMILES string of the molecule is COC(=O)c1ccc(CN(c2ccccc2)S(C)(=O)=O)nc1.CS(=O)(=O)N(Cc1ccc(C(=O)CN)cn1)c1ccccc1. The van der Waals surface area contributed by atoms with Crippen LogP contribution in [0, 0.1) is 0 Å². The Balaban J connectivity index is 0.000000240. The van der Waals surface area contributed by atoms with E-state index in [2.05, 4.69) is 14.7 Å². The zero-order valence-corrected chi connectivity index (χ0v) is 26.0. The molecule has 0 amide bonds. The topological polar surface area (TPSA) is 170 Å². The molecular formula is C30H33N5O7S2. The zero-order chi connectivity index (χ0) is 32.3. The lowest BCUT2D eigenvalue weighted by molar-refractivity contribution is 0.0600. The number of hydrogen-bond donors (Lipinski definition) is 1. The smallest absolute Gasteiger partial charge is 0.339 e. The lowest BCUT2D eigenvalue weighted by atomic mass is 10.2. The van der Waals surface area contributed by atoms with Crippen LogP contribution in [0.5, 0.6) is 0 Å². The van der Waals surface area contributed by atoms with Gasteiger partial charge in [-0.25, -0.2) is 21.6 Å². The molecule has 0 radical (unpaired) electrons. The second-order valence-corrected chi connectivity index (χ2v) is 13.2. The van der Waals surface area contributed by atoms with Gasteiger partial charge >= 0.3 is 5.97 Å². The van der Waals surface area contributed by atoms with Gasteiger partial charge in [-0.15, -0.1) is 0 Å². The van der Waals surface area contributed by atoms with Gasteiger partial charge in [-0.1, -0.05) is 36.4 Å². The van der Waals surface area contributed by atoms with E-state index in [9.17, 15) is 26.4 Å². The molecule has 4 aromatic rings. The van der Waals surface area contributed by atoms with Crippen LogP contribution in [0.4, 0.5) is 11.4 Å². The standard InChI is InChI=1S/C15H17N3O3S.C15H16N2O4S/c1-22(20,21)18(14-5-3-2-4-6-14)11-13-8-7-12(10-17-13)15(19)9-16;1-21-15(18)12-8-9-13(16-10-12)11-17(22(2,19)20)14-6-4-3-5-7-14/h2-8,10H,9,11,16H2,1H3;3-10H,11H2,1-2H3. The van der Waals surface area contributed by atoms with Crippen molar-refractivity contribution in [2.75, 3.05) is 34.8 Å². The van der Waals surface area contributed by atoms with E-state index in [1.54, 1.807) is 72.8 Å². The number of esters is 1. The first kappa shape index (κ1) is 33.8. The van der Waals surface area contributed by atoms with Crippen molar-refractivity contribution in [3.05, 3.63) is 120 Å². The first-order valence-electron chi connectivity index (χ1n) is 13.1. The predicted molar refractivity (Wildman–Crippen MR) is 168 cm³/mol. The molecule has 2 N–H and O–H groups in total. The molecule has 0 saturated carbocycles. The minimum Gasteiger partial charge on any atom is -0.465 e. The third-order valence-corrected chi connectivity index (χ3v) is 8.36. The van der Waals surface area contributed by atoms with Crippen molar-refractivity contribution in [2.45, 2.75) is 13.1 Å². The van der Waals surface area contributed by atoms with E-state index in [0.717, 1.165) is 12.5 Å². The number of aromatic nitrogens is 2. The number of benzene rings is 2. The largest absolute Gasteiger partial charge is 0.465 e. The molecular weight excluding hydrogens is 606 g/mol. The first-order valence-corrected chi connectivity index (χ1v) is 16.8. The average molecular weight is 640 g/mol. The maximum Gasteiger partial charge on any atom is 0.339 e. The van der Waals surface area contributed by atoms with Gasteiger partial charge in [0.25, 0.3) is 0 Å². The van der Waals surface area contributed by atoms with Gasteiger partial charge in [-0.05, 0) is 48.5 Å². The second-order valence-electron chi connectivity index (χ2n) is 9.41. The fourth-order valence-corrected chi connectivity index (χ4v) is 5.58. The summed E-state index contributed by atoms with van der Waals surface area (Å²) in [6.07, 6.45) is 5.07. The van der Waals surface area contributed by atoms with Crippen LogP contribution in [-0.4, -0.2) is 64.7 Å². The van der Waals surface area contributed by atoms with Crippen LogP contribution in [0.1, 0.15) is 32.1 Å². The molecule has 2 heterocycles. The molecule has 4 rings (SSSR count). The number of rotatable bonds is 11. The number of sulfonamides is 2. The molecule has 0 aliphatic carbocycles. The summed E-state index contributed by atoms with van der Waals surface area (Å²) < 4.78 is 55.1. The molecule has 0 saturated heterocycles. The van der Waals surface area contributed by atoms with Gasteiger partial charge in [-0.2, -0.15) is 0 Å². The number of nitrogens with zero attached hydrogens (tertiary/aromatic N) is 4. The van der Waals surface area contributed by atoms with Crippen molar-refractivity contribution in [2.24, 2.45) is 5.73 Å². The molecule has 0 bridgehead atoms. The maximum absolute atomic E-state index is 12.0. The number of ketones is 1. The van der Waals surface area contributed by atoms with E-state index < -0.39 is 26.0 Å². The zero-order valence-electron chi connectivity index (χ0n) is 24.4. The number of methoxy groups -OCH3 is 1. The normalized spacial score (nSPS) is 11.1. The van der Waals surface area contributed by atoms with E-state index >= 15 is 0 Å². The molecule has 14 heteroatoms. The number of pyridine rings is 2. The fraction of sp³-hybridized carbons (Fsp3) is 0.200. The van der Waals surface area contributed by atoms with Crippen molar-refractivity contribution in [1.29, 1.82) is 0 Å². The average Bonchev–Trinajstić information content (AvgIpc) is 3.02. The summed E-state index contributed by atoms with van der Waals surface area (Å²) in [7, 11) is -5.60. The predicted octanol–water partition coefficient (Wildman–Crippen LogP) is 3.02. The molecule has 0 aliphatic heterocycles. The van der Waals surface area contributed by atoms with Crippen LogP contribution in [0.2, 0.25) is 0 Å². The van der Waals surface area contributed by atoms with E-state index in [0.29, 0.717) is 33.9 Å². The van der Waals surface area contributed by atoms with Crippen LogP contribution >= 0.6 is 0 Å². The van der Waals surface area contributed by atoms with Crippen molar-refractivity contribution in [3.8, 4) is 0 Å². The summed E-state index contributed by atoms with van der Waals surface area (Å²) in [4.78, 5) is 31.1. The van der Waals surface area contributed by atoms with Crippen LogP contribution in [0.15, 0.2) is 97.3 Å². The molecule has 0 spiro atoms. The van der Waals surface area contributed by atoms with Gasteiger partial charge in [0.05, 0.1) is 67.6 Å². The Hall–Kier alpha value is -4.66. The molecule has 232 valence electrons. The maximum atomic E-state index is 12.0. The number of nitrogens with two attached hydrogens (primary N) is 1. The summed E-state index contributed by atoms with van der Waals surface area (Å²) in [5.74, 6) is -0.691. The molecule has 0 unspecified atom stereocenters. The molecule has 0 aliphatic rings. The van der Waals surface area contributed by atoms with E-state index in [-0.39, 0.29) is 25.4 Å². The molecule has 2 aromatic heterocycles. The summed E-state index contributed by atoms with van der Waals surface area (Å²) in [5.41, 5.74) is 8.22. The van der Waals surface area contributed by atoms with Gasteiger partial charge in [0.2, 0.25) is 20.0 Å². The third-order valence-electron chi connectivity index (χ3n) is 6.08. The Kier molecular flexibility index (Phi) is 11.7. The molecule has 2 aromatic carbocycles. The van der Waals surface area contributed by atoms with Crippen molar-refractivity contribution in [3.63, 3.8) is 0 Å². The molecule has 0 atom stereocenters. The Labute approximate surface area is 257 Å². The highest BCUT2D eigenvalue weighted by atomic mass is 32.2. The summed E-state index contributed by atoms with van der Waals surface area (Å²) >= 11 is 0. The monoisotopic (exact) mass is 639 g/mol. The first-order chi connectivity index (χ1) is 20.8. The minimum atomic E-state index is -3.45. The van der Waals surface area contributed by atoms with E-state index in [1.165, 1.54) is 28.1 Å². The van der Waals surface area contributed by atoms with Gasteiger partial charge in [0.1, 0.15) is 0 Å². The number of hydrogen-bond acceptors (Lipinski definition) is 10. The number of Topliss-reactive ketones (excluding diaryl/α,β-unsaturated/α-hetero) is 1. The molecule has 44 heavy (non-hydrogen) atoms. The number of para-hydroxylation sites is 2. The van der Waals surface area contributed by atoms with Crippen molar-refractivity contribution in [1.82, 2.24) is 9.97 Å².